The maximum Gasteiger partial charge on any atom is 0.320 e. The molecular formula is C21H45NO3. The molecule has 1 atom stereocenters. The third kappa shape index (κ3) is 28.5. The lowest BCUT2D eigenvalue weighted by Gasteiger charge is -2.03. The number of hydrogen-bond acceptors (Lipinski definition) is 3. The molecule has 0 aliphatic rings. The maximum atomic E-state index is 9.57. The molecular weight excluding hydrogens is 314 g/mol. The molecule has 0 rings (SSSR count). The van der Waals surface area contributed by atoms with Gasteiger partial charge in [-0.05, 0) is 13.3 Å². The molecule has 0 aromatic rings. The Balaban J connectivity index is 0. The van der Waals surface area contributed by atoms with Crippen molar-refractivity contribution in [2.45, 2.75) is 123 Å². The lowest BCUT2D eigenvalue weighted by molar-refractivity contribution is -0.138. The van der Waals surface area contributed by atoms with E-state index < -0.39 is 12.0 Å². The first-order chi connectivity index (χ1) is 12.1. The summed E-state index contributed by atoms with van der Waals surface area (Å²) in [5.74, 6) is -0.963. The van der Waals surface area contributed by atoms with Crippen LogP contribution in [0.15, 0.2) is 0 Å². The molecule has 0 aromatic heterocycles. The largest absolute Gasteiger partial charge is 0.480 e. The van der Waals surface area contributed by atoms with E-state index in [1.807, 2.05) is 0 Å². The van der Waals surface area contributed by atoms with Crippen LogP contribution in [0.4, 0.5) is 0 Å². The zero-order valence-corrected chi connectivity index (χ0v) is 17.0. The van der Waals surface area contributed by atoms with Gasteiger partial charge in [0.2, 0.25) is 0 Å². The van der Waals surface area contributed by atoms with Crippen molar-refractivity contribution in [1.82, 2.24) is 0 Å². The van der Waals surface area contributed by atoms with Gasteiger partial charge in [0.1, 0.15) is 6.04 Å². The fourth-order valence-electron chi connectivity index (χ4n) is 2.66. The number of unbranched alkanes of at least 4 members (excludes halogenated alkanes) is 15. The summed E-state index contributed by atoms with van der Waals surface area (Å²) in [5, 5.41) is 16.5. The third-order valence-corrected chi connectivity index (χ3v) is 4.40. The van der Waals surface area contributed by atoms with Gasteiger partial charge in [0, 0.05) is 6.61 Å². The minimum absolute atomic E-state index is 0.373. The topological polar surface area (TPSA) is 83.6 Å². The highest BCUT2D eigenvalue weighted by Gasteiger charge is 1.99. The Hall–Kier alpha value is -0.610. The van der Waals surface area contributed by atoms with E-state index in [1.54, 1.807) is 0 Å². The van der Waals surface area contributed by atoms with Crippen molar-refractivity contribution in [3.63, 3.8) is 0 Å². The van der Waals surface area contributed by atoms with E-state index in [2.05, 4.69) is 6.92 Å². The molecule has 0 aliphatic carbocycles. The zero-order valence-electron chi connectivity index (χ0n) is 17.0. The van der Waals surface area contributed by atoms with Crippen LogP contribution in [0, 0.1) is 0 Å². The van der Waals surface area contributed by atoms with E-state index >= 15 is 0 Å². The van der Waals surface area contributed by atoms with Gasteiger partial charge < -0.3 is 15.9 Å². The first kappa shape index (κ1) is 26.6. The van der Waals surface area contributed by atoms with E-state index in [9.17, 15) is 4.79 Å². The second-order valence-electron chi connectivity index (χ2n) is 7.15. The predicted molar refractivity (Wildman–Crippen MR) is 108 cm³/mol. The van der Waals surface area contributed by atoms with Crippen molar-refractivity contribution in [2.75, 3.05) is 6.61 Å². The number of carbonyl (C=O) groups is 1. The van der Waals surface area contributed by atoms with Crippen molar-refractivity contribution in [1.29, 1.82) is 0 Å². The Bertz CT molecular complexity index is 242. The van der Waals surface area contributed by atoms with Crippen LogP contribution in [0.2, 0.25) is 0 Å². The summed E-state index contributed by atoms with van der Waals surface area (Å²) < 4.78 is 0. The molecule has 152 valence electrons. The summed E-state index contributed by atoms with van der Waals surface area (Å²) in [6.45, 7) is 4.08. The number of hydrogen-bond donors (Lipinski definition) is 3. The Morgan fingerprint density at radius 3 is 1.16 bits per heavy atom. The van der Waals surface area contributed by atoms with Gasteiger partial charge in [-0.3, -0.25) is 4.79 Å². The van der Waals surface area contributed by atoms with Crippen molar-refractivity contribution in [3.8, 4) is 0 Å². The normalized spacial score (nSPS) is 11.7. The summed E-state index contributed by atoms with van der Waals surface area (Å²) in [4.78, 5) is 9.57. The molecule has 4 N–H and O–H groups in total. The van der Waals surface area contributed by atoms with Crippen LogP contribution >= 0.6 is 0 Å². The average Bonchev–Trinajstić information content (AvgIpc) is 2.59. The molecule has 1 unspecified atom stereocenters. The molecule has 0 amide bonds. The summed E-state index contributed by atoms with van der Waals surface area (Å²) in [6, 6.07) is -0.731. The fourth-order valence-corrected chi connectivity index (χ4v) is 2.66. The molecule has 4 heteroatoms. The van der Waals surface area contributed by atoms with E-state index in [0.29, 0.717) is 6.61 Å². The van der Waals surface area contributed by atoms with E-state index in [0.717, 1.165) is 6.42 Å². The van der Waals surface area contributed by atoms with E-state index in [-0.39, 0.29) is 0 Å². The smallest absolute Gasteiger partial charge is 0.320 e. The molecule has 0 spiro atoms. The van der Waals surface area contributed by atoms with Gasteiger partial charge in [-0.1, -0.05) is 103 Å². The number of aliphatic hydroxyl groups is 1. The molecule has 0 heterocycles. The van der Waals surface area contributed by atoms with E-state index in [1.165, 1.54) is 103 Å². The predicted octanol–water partition coefficient (Wildman–Crippen LogP) is 5.66. The van der Waals surface area contributed by atoms with Gasteiger partial charge in [-0.15, -0.1) is 0 Å². The van der Waals surface area contributed by atoms with Crippen LogP contribution in [0.25, 0.3) is 0 Å². The molecule has 0 saturated carbocycles. The molecule has 25 heavy (non-hydrogen) atoms. The average molecular weight is 360 g/mol. The van der Waals surface area contributed by atoms with Crippen molar-refractivity contribution < 1.29 is 15.0 Å². The molecule has 0 bridgehead atoms. The number of rotatable bonds is 17. The summed E-state index contributed by atoms with van der Waals surface area (Å²) >= 11 is 0. The third-order valence-electron chi connectivity index (χ3n) is 4.40. The van der Waals surface area contributed by atoms with Gasteiger partial charge in [-0.25, -0.2) is 0 Å². The van der Waals surface area contributed by atoms with Crippen molar-refractivity contribution >= 4 is 5.97 Å². The standard InChI is InChI=1S/C18H38O.C3H7NO2/c1-2-3-4-5-6-7-8-9-10-11-12-13-14-15-16-17-18-19;1-2(4)3(5)6/h19H,2-18H2,1H3;2H,4H2,1H3,(H,5,6). The molecule has 0 aliphatic heterocycles. The number of aliphatic carboxylic acids is 1. The minimum Gasteiger partial charge on any atom is -0.480 e. The van der Waals surface area contributed by atoms with Gasteiger partial charge in [0.25, 0.3) is 0 Å². The van der Waals surface area contributed by atoms with Crippen LogP contribution < -0.4 is 5.73 Å². The minimum atomic E-state index is -0.963. The van der Waals surface area contributed by atoms with Crippen molar-refractivity contribution in [2.24, 2.45) is 5.73 Å². The van der Waals surface area contributed by atoms with Crippen LogP contribution in [0.5, 0.6) is 0 Å². The summed E-state index contributed by atoms with van der Waals surface area (Å²) in [6.07, 6.45) is 22.2. The first-order valence-electron chi connectivity index (χ1n) is 10.7. The maximum absolute atomic E-state index is 9.57. The van der Waals surface area contributed by atoms with Gasteiger partial charge in [0.05, 0.1) is 0 Å². The van der Waals surface area contributed by atoms with Crippen LogP contribution in [-0.2, 0) is 4.79 Å². The Labute approximate surface area is 156 Å². The molecule has 4 nitrogen and oxygen atoms in total. The Morgan fingerprint density at radius 1 is 0.720 bits per heavy atom. The quantitative estimate of drug-likeness (QED) is 0.293. The monoisotopic (exact) mass is 359 g/mol. The number of carboxylic acids is 1. The second kappa shape index (κ2) is 23.4. The summed E-state index contributed by atoms with van der Waals surface area (Å²) in [7, 11) is 0. The SMILES string of the molecule is CC(N)C(=O)O.CCCCCCCCCCCCCCCCCCO. The molecule has 0 radical (unpaired) electrons. The highest BCUT2D eigenvalue weighted by molar-refractivity contribution is 5.72. The lowest BCUT2D eigenvalue weighted by atomic mass is 10.0. The fraction of sp³-hybridized carbons (Fsp3) is 0.952. The van der Waals surface area contributed by atoms with E-state index in [4.69, 9.17) is 15.9 Å². The van der Waals surface area contributed by atoms with Crippen molar-refractivity contribution in [3.05, 3.63) is 0 Å². The summed E-state index contributed by atoms with van der Waals surface area (Å²) in [5.41, 5.74) is 4.84. The molecule has 0 saturated heterocycles. The van der Waals surface area contributed by atoms with Gasteiger partial charge in [0.15, 0.2) is 0 Å². The number of nitrogens with two attached hydrogens (primary N) is 1. The molecule has 0 aromatic carbocycles. The van der Waals surface area contributed by atoms with Crippen LogP contribution in [-0.4, -0.2) is 28.8 Å². The Kier molecular flexibility index (Phi) is 24.9. The Morgan fingerprint density at radius 2 is 0.960 bits per heavy atom. The number of carboxylic acid groups (broad SMARTS) is 1. The van der Waals surface area contributed by atoms with Gasteiger partial charge in [-0.2, -0.15) is 0 Å². The second-order valence-corrected chi connectivity index (χ2v) is 7.15. The highest BCUT2D eigenvalue weighted by Crippen LogP contribution is 2.13. The molecule has 0 fully saturated rings. The first-order valence-corrected chi connectivity index (χ1v) is 10.7. The lowest BCUT2D eigenvalue weighted by Crippen LogP contribution is -2.25. The van der Waals surface area contributed by atoms with Crippen LogP contribution in [0.1, 0.15) is 117 Å². The number of aliphatic hydroxyl groups excluding tert-OH is 1. The zero-order chi connectivity index (χ0) is 19.2. The highest BCUT2D eigenvalue weighted by atomic mass is 16.4. The van der Waals surface area contributed by atoms with Crippen LogP contribution in [0.3, 0.4) is 0 Å². The van der Waals surface area contributed by atoms with Gasteiger partial charge >= 0.3 is 5.97 Å².